The summed E-state index contributed by atoms with van der Waals surface area (Å²) in [4.78, 5) is 32.3. The van der Waals surface area contributed by atoms with Gasteiger partial charge in [-0.05, 0) is 6.42 Å². The molecule has 1 amide bonds. The zero-order valence-corrected chi connectivity index (χ0v) is 11.1. The number of hydrogen-bond donors (Lipinski definition) is 2. The van der Waals surface area contributed by atoms with E-state index in [0.29, 0.717) is 13.0 Å². The minimum Gasteiger partial charge on any atom is -0.481 e. The predicted molar refractivity (Wildman–Crippen MR) is 66.7 cm³/mol. The van der Waals surface area contributed by atoms with Crippen LogP contribution in [0.25, 0.3) is 0 Å². The quantitative estimate of drug-likeness (QED) is 0.460. The number of carboxylic acid groups (broad SMARTS) is 1. The second kappa shape index (κ2) is 11.3. The highest BCUT2D eigenvalue weighted by Gasteiger charge is 2.06. The van der Waals surface area contributed by atoms with E-state index in [1.807, 2.05) is 6.92 Å². The molecule has 0 radical (unpaired) electrons. The number of carbonyl (C=O) groups excluding carboxylic acids is 2. The summed E-state index contributed by atoms with van der Waals surface area (Å²) in [6.07, 6.45) is 1.41. The number of esters is 1. The number of rotatable bonds is 10. The first-order chi connectivity index (χ1) is 9.06. The van der Waals surface area contributed by atoms with Crippen LogP contribution in [-0.2, 0) is 19.1 Å². The standard InChI is InChI=1S/C12H21NO6/c1-2-3-7-13-12(17)19-9-4-8-18-11(16)6-5-10(14)15/h2-9H2,1H3,(H,13,17)(H,14,15). The molecule has 7 nitrogen and oxygen atoms in total. The number of carbonyl (C=O) groups is 3. The minimum atomic E-state index is -1.04. The maximum absolute atomic E-state index is 11.1. The summed E-state index contributed by atoms with van der Waals surface area (Å²) >= 11 is 0. The Morgan fingerprint density at radius 1 is 1.05 bits per heavy atom. The number of amides is 1. The van der Waals surface area contributed by atoms with Gasteiger partial charge < -0.3 is 19.9 Å². The Morgan fingerprint density at radius 3 is 2.37 bits per heavy atom. The number of unbranched alkanes of at least 4 members (excludes halogenated alkanes) is 1. The molecular formula is C12H21NO6. The Labute approximate surface area is 112 Å². The van der Waals surface area contributed by atoms with E-state index in [9.17, 15) is 14.4 Å². The monoisotopic (exact) mass is 275 g/mol. The predicted octanol–water partition coefficient (Wildman–Crippen LogP) is 1.31. The second-order valence-electron chi connectivity index (χ2n) is 3.88. The van der Waals surface area contributed by atoms with E-state index < -0.39 is 18.0 Å². The van der Waals surface area contributed by atoms with Gasteiger partial charge in [0.15, 0.2) is 0 Å². The van der Waals surface area contributed by atoms with Crippen LogP contribution in [0, 0.1) is 0 Å². The van der Waals surface area contributed by atoms with Crippen LogP contribution < -0.4 is 5.32 Å². The zero-order chi connectivity index (χ0) is 14.5. The number of hydrogen-bond acceptors (Lipinski definition) is 5. The first-order valence-electron chi connectivity index (χ1n) is 6.34. The van der Waals surface area contributed by atoms with Crippen LogP contribution >= 0.6 is 0 Å². The molecule has 7 heteroatoms. The Hall–Kier alpha value is -1.79. The highest BCUT2D eigenvalue weighted by molar-refractivity contribution is 5.76. The highest BCUT2D eigenvalue weighted by Crippen LogP contribution is 1.94. The molecule has 0 rings (SSSR count). The number of alkyl carbamates (subject to hydrolysis) is 1. The molecule has 0 aromatic carbocycles. The average Bonchev–Trinajstić information content (AvgIpc) is 2.36. The summed E-state index contributed by atoms with van der Waals surface area (Å²) in [7, 11) is 0. The van der Waals surface area contributed by atoms with Gasteiger partial charge in [-0.3, -0.25) is 9.59 Å². The van der Waals surface area contributed by atoms with Gasteiger partial charge in [0.25, 0.3) is 0 Å². The summed E-state index contributed by atoms with van der Waals surface area (Å²) in [6.45, 7) is 2.87. The molecule has 0 unspecified atom stereocenters. The molecule has 0 aromatic heterocycles. The van der Waals surface area contributed by atoms with Gasteiger partial charge in [0, 0.05) is 13.0 Å². The molecule has 0 aromatic rings. The third-order valence-electron chi connectivity index (χ3n) is 2.13. The molecule has 0 aliphatic heterocycles. The van der Waals surface area contributed by atoms with Crippen LogP contribution in [0.5, 0.6) is 0 Å². The van der Waals surface area contributed by atoms with Crippen molar-refractivity contribution in [2.24, 2.45) is 0 Å². The molecule has 0 bridgehead atoms. The van der Waals surface area contributed by atoms with Crippen molar-refractivity contribution >= 4 is 18.0 Å². The van der Waals surface area contributed by atoms with Crippen molar-refractivity contribution in [1.82, 2.24) is 5.32 Å². The Kier molecular flexibility index (Phi) is 10.2. The fraction of sp³-hybridized carbons (Fsp3) is 0.750. The molecule has 0 fully saturated rings. The minimum absolute atomic E-state index is 0.112. The first-order valence-corrected chi connectivity index (χ1v) is 6.34. The molecule has 0 saturated carbocycles. The lowest BCUT2D eigenvalue weighted by Crippen LogP contribution is -2.25. The summed E-state index contributed by atoms with van der Waals surface area (Å²) < 4.78 is 9.59. The number of ether oxygens (including phenoxy) is 2. The van der Waals surface area contributed by atoms with Crippen LogP contribution in [0.2, 0.25) is 0 Å². The van der Waals surface area contributed by atoms with Crippen LogP contribution in [0.3, 0.4) is 0 Å². The molecular weight excluding hydrogens is 254 g/mol. The summed E-state index contributed by atoms with van der Waals surface area (Å²) in [5, 5.41) is 10.9. The second-order valence-corrected chi connectivity index (χ2v) is 3.88. The van der Waals surface area contributed by atoms with Crippen LogP contribution in [0.4, 0.5) is 4.79 Å². The van der Waals surface area contributed by atoms with E-state index in [2.05, 4.69) is 5.32 Å². The van der Waals surface area contributed by atoms with Gasteiger partial charge in [-0.15, -0.1) is 0 Å². The topological polar surface area (TPSA) is 102 Å². The average molecular weight is 275 g/mol. The molecule has 0 saturated heterocycles. The largest absolute Gasteiger partial charge is 0.481 e. The lowest BCUT2D eigenvalue weighted by Gasteiger charge is -2.07. The van der Waals surface area contributed by atoms with E-state index in [1.54, 1.807) is 0 Å². The van der Waals surface area contributed by atoms with Crippen molar-refractivity contribution in [3.05, 3.63) is 0 Å². The van der Waals surface area contributed by atoms with E-state index >= 15 is 0 Å². The Bertz CT molecular complexity index is 292. The lowest BCUT2D eigenvalue weighted by molar-refractivity contribution is -0.147. The summed E-state index contributed by atoms with van der Waals surface area (Å²) in [5.74, 6) is -1.60. The van der Waals surface area contributed by atoms with Gasteiger partial charge in [-0.1, -0.05) is 13.3 Å². The Morgan fingerprint density at radius 2 is 1.74 bits per heavy atom. The van der Waals surface area contributed by atoms with Crippen LogP contribution in [0.1, 0.15) is 39.0 Å². The zero-order valence-electron chi connectivity index (χ0n) is 11.1. The van der Waals surface area contributed by atoms with Gasteiger partial charge in [-0.25, -0.2) is 4.79 Å². The maximum Gasteiger partial charge on any atom is 0.407 e. The molecule has 0 aliphatic rings. The SMILES string of the molecule is CCCCNC(=O)OCCCOC(=O)CCC(=O)O. The van der Waals surface area contributed by atoms with E-state index in [1.165, 1.54) is 0 Å². The van der Waals surface area contributed by atoms with Crippen LogP contribution in [-0.4, -0.2) is 42.9 Å². The van der Waals surface area contributed by atoms with Gasteiger partial charge in [0.05, 0.1) is 26.1 Å². The number of aliphatic carboxylic acids is 1. The molecule has 19 heavy (non-hydrogen) atoms. The van der Waals surface area contributed by atoms with Crippen LogP contribution in [0.15, 0.2) is 0 Å². The molecule has 2 N–H and O–H groups in total. The maximum atomic E-state index is 11.1. The fourth-order valence-corrected chi connectivity index (χ4v) is 1.11. The van der Waals surface area contributed by atoms with E-state index in [0.717, 1.165) is 12.8 Å². The smallest absolute Gasteiger partial charge is 0.407 e. The summed E-state index contributed by atoms with van der Waals surface area (Å²) in [6, 6.07) is 0. The number of nitrogens with one attached hydrogen (secondary N) is 1. The van der Waals surface area contributed by atoms with Crippen molar-refractivity contribution in [3.63, 3.8) is 0 Å². The molecule has 0 atom stereocenters. The van der Waals surface area contributed by atoms with Gasteiger partial charge in [0.2, 0.25) is 0 Å². The third-order valence-corrected chi connectivity index (χ3v) is 2.13. The van der Waals surface area contributed by atoms with Crippen molar-refractivity contribution in [3.8, 4) is 0 Å². The van der Waals surface area contributed by atoms with Gasteiger partial charge in [-0.2, -0.15) is 0 Å². The van der Waals surface area contributed by atoms with E-state index in [4.69, 9.17) is 14.6 Å². The van der Waals surface area contributed by atoms with E-state index in [-0.39, 0.29) is 26.1 Å². The van der Waals surface area contributed by atoms with Crippen molar-refractivity contribution in [1.29, 1.82) is 0 Å². The molecule has 0 spiro atoms. The van der Waals surface area contributed by atoms with Gasteiger partial charge in [0.1, 0.15) is 0 Å². The van der Waals surface area contributed by atoms with Crippen molar-refractivity contribution in [2.75, 3.05) is 19.8 Å². The lowest BCUT2D eigenvalue weighted by atomic mass is 10.3. The third kappa shape index (κ3) is 12.5. The fourth-order valence-electron chi connectivity index (χ4n) is 1.11. The Balaban J connectivity index is 3.36. The molecule has 0 aliphatic carbocycles. The number of carboxylic acids is 1. The normalized spacial score (nSPS) is 9.74. The highest BCUT2D eigenvalue weighted by atomic mass is 16.6. The van der Waals surface area contributed by atoms with Gasteiger partial charge >= 0.3 is 18.0 Å². The molecule has 110 valence electrons. The first kappa shape index (κ1) is 17.2. The molecule has 0 heterocycles. The van der Waals surface area contributed by atoms with Crippen molar-refractivity contribution < 1.29 is 29.0 Å². The summed E-state index contributed by atoms with van der Waals surface area (Å²) in [5.41, 5.74) is 0. The van der Waals surface area contributed by atoms with Crippen molar-refractivity contribution in [2.45, 2.75) is 39.0 Å².